The lowest BCUT2D eigenvalue weighted by molar-refractivity contribution is -0.145. The number of phenols is 1. The van der Waals surface area contributed by atoms with Crippen LogP contribution in [0.4, 0.5) is 0 Å². The van der Waals surface area contributed by atoms with Crippen LogP contribution in [-0.4, -0.2) is 29.8 Å². The molecule has 0 amide bonds. The van der Waals surface area contributed by atoms with Crippen molar-refractivity contribution in [3.8, 4) is 5.75 Å². The number of carbonyl (C=O) groups is 2. The van der Waals surface area contributed by atoms with Crippen molar-refractivity contribution in [3.63, 3.8) is 0 Å². The molecule has 0 spiro atoms. The summed E-state index contributed by atoms with van der Waals surface area (Å²) in [5.41, 5.74) is -0.0720. The summed E-state index contributed by atoms with van der Waals surface area (Å²) in [7, 11) is 0. The summed E-state index contributed by atoms with van der Waals surface area (Å²) in [6, 6.07) is 4.00. The van der Waals surface area contributed by atoms with Gasteiger partial charge in [-0.2, -0.15) is 0 Å². The molecule has 1 fully saturated rings. The van der Waals surface area contributed by atoms with Crippen LogP contribution in [-0.2, 0) is 14.3 Å². The molecule has 0 aliphatic carbocycles. The van der Waals surface area contributed by atoms with E-state index in [1.165, 1.54) is 18.2 Å². The van der Waals surface area contributed by atoms with E-state index < -0.39 is 18.0 Å². The van der Waals surface area contributed by atoms with Gasteiger partial charge in [-0.25, -0.2) is 9.59 Å². The summed E-state index contributed by atoms with van der Waals surface area (Å²) in [5.74, 6) is -1.61. The number of phenolic OH excluding ortho intramolecular Hbond substituents is 1. The second-order valence-electron chi connectivity index (χ2n) is 3.51. The average Bonchev–Trinajstić information content (AvgIpc) is 2.68. The van der Waals surface area contributed by atoms with Gasteiger partial charge in [-0.3, -0.25) is 0 Å². The minimum atomic E-state index is -0.902. The quantitative estimate of drug-likeness (QED) is 0.812. The molecule has 6 heteroatoms. The fourth-order valence-electron chi connectivity index (χ4n) is 1.45. The number of esters is 2. The maximum Gasteiger partial charge on any atom is 0.347 e. The molecular formula is C11H9ClO5. The topological polar surface area (TPSA) is 72.8 Å². The SMILES string of the molecule is O=C(O[C@@H]1CCOC1=O)c1cc(Cl)ccc1O. The van der Waals surface area contributed by atoms with Gasteiger partial charge in [-0.1, -0.05) is 11.6 Å². The van der Waals surface area contributed by atoms with Gasteiger partial charge in [0.25, 0.3) is 0 Å². The maximum absolute atomic E-state index is 11.7. The Bertz CT molecular complexity index is 471. The first-order valence-corrected chi connectivity index (χ1v) is 5.32. The zero-order valence-electron chi connectivity index (χ0n) is 8.68. The number of hydrogen-bond donors (Lipinski definition) is 1. The Labute approximate surface area is 102 Å². The molecular weight excluding hydrogens is 248 g/mol. The normalized spacial score (nSPS) is 18.9. The third-order valence-electron chi connectivity index (χ3n) is 2.32. The number of ether oxygens (including phenoxy) is 2. The fraction of sp³-hybridized carbons (Fsp3) is 0.273. The summed E-state index contributed by atoms with van der Waals surface area (Å²) in [6.45, 7) is 0.234. The second kappa shape index (κ2) is 4.63. The Kier molecular flexibility index (Phi) is 3.19. The van der Waals surface area contributed by atoms with E-state index >= 15 is 0 Å². The Hall–Kier alpha value is -1.75. The summed E-state index contributed by atoms with van der Waals surface area (Å²) in [4.78, 5) is 22.8. The molecule has 1 heterocycles. The van der Waals surface area contributed by atoms with Crippen LogP contribution in [0.3, 0.4) is 0 Å². The predicted octanol–water partition coefficient (Wildman–Crippen LogP) is 1.52. The van der Waals surface area contributed by atoms with Gasteiger partial charge in [0.1, 0.15) is 11.3 Å². The van der Waals surface area contributed by atoms with E-state index in [9.17, 15) is 14.7 Å². The average molecular weight is 257 g/mol. The van der Waals surface area contributed by atoms with Crippen molar-refractivity contribution in [1.29, 1.82) is 0 Å². The highest BCUT2D eigenvalue weighted by atomic mass is 35.5. The lowest BCUT2D eigenvalue weighted by Gasteiger charge is -2.09. The molecule has 1 aliphatic rings. The summed E-state index contributed by atoms with van der Waals surface area (Å²) < 4.78 is 9.56. The molecule has 17 heavy (non-hydrogen) atoms. The van der Waals surface area contributed by atoms with Crippen molar-refractivity contribution in [2.75, 3.05) is 6.61 Å². The molecule has 1 saturated heterocycles. The van der Waals surface area contributed by atoms with E-state index in [1.54, 1.807) is 0 Å². The van der Waals surface area contributed by atoms with Crippen molar-refractivity contribution in [2.24, 2.45) is 0 Å². The Balaban J connectivity index is 2.14. The molecule has 0 saturated carbocycles. The molecule has 1 aromatic rings. The minimum absolute atomic E-state index is 0.0720. The molecule has 1 N–H and O–H groups in total. The van der Waals surface area contributed by atoms with E-state index in [1.807, 2.05) is 0 Å². The number of rotatable bonds is 2. The number of halogens is 1. The molecule has 5 nitrogen and oxygen atoms in total. The zero-order chi connectivity index (χ0) is 12.4. The first kappa shape index (κ1) is 11.7. The smallest absolute Gasteiger partial charge is 0.347 e. The number of cyclic esters (lactones) is 1. The largest absolute Gasteiger partial charge is 0.507 e. The number of benzene rings is 1. The Morgan fingerprint density at radius 2 is 2.29 bits per heavy atom. The van der Waals surface area contributed by atoms with E-state index in [0.717, 1.165) is 0 Å². The summed E-state index contributed by atoms with van der Waals surface area (Å²) in [5, 5.41) is 9.76. The molecule has 0 bridgehead atoms. The van der Waals surface area contributed by atoms with Crippen molar-refractivity contribution >= 4 is 23.5 Å². The highest BCUT2D eigenvalue weighted by Gasteiger charge is 2.31. The van der Waals surface area contributed by atoms with Crippen LogP contribution in [0.1, 0.15) is 16.8 Å². The molecule has 2 rings (SSSR count). The maximum atomic E-state index is 11.7. The van der Waals surface area contributed by atoms with Crippen LogP contribution >= 0.6 is 11.6 Å². The number of hydrogen-bond acceptors (Lipinski definition) is 5. The zero-order valence-corrected chi connectivity index (χ0v) is 9.44. The lowest BCUT2D eigenvalue weighted by atomic mass is 10.2. The molecule has 1 aromatic carbocycles. The monoisotopic (exact) mass is 256 g/mol. The summed E-state index contributed by atoms with van der Waals surface area (Å²) in [6.07, 6.45) is -0.577. The van der Waals surface area contributed by atoms with Gasteiger partial charge in [0.15, 0.2) is 0 Å². The third kappa shape index (κ3) is 2.50. The second-order valence-corrected chi connectivity index (χ2v) is 3.95. The van der Waals surface area contributed by atoms with E-state index in [2.05, 4.69) is 4.74 Å². The van der Waals surface area contributed by atoms with E-state index in [-0.39, 0.29) is 17.9 Å². The van der Waals surface area contributed by atoms with Crippen molar-refractivity contribution in [2.45, 2.75) is 12.5 Å². The van der Waals surface area contributed by atoms with E-state index in [4.69, 9.17) is 16.3 Å². The van der Waals surface area contributed by atoms with Gasteiger partial charge in [0.05, 0.1) is 6.61 Å². The van der Waals surface area contributed by atoms with Crippen LogP contribution in [0, 0.1) is 0 Å². The van der Waals surface area contributed by atoms with Gasteiger partial charge in [-0.15, -0.1) is 0 Å². The Morgan fingerprint density at radius 3 is 2.94 bits per heavy atom. The predicted molar refractivity (Wildman–Crippen MR) is 57.9 cm³/mol. The van der Waals surface area contributed by atoms with Crippen molar-refractivity contribution in [1.82, 2.24) is 0 Å². The molecule has 0 radical (unpaired) electrons. The molecule has 0 unspecified atom stereocenters. The van der Waals surface area contributed by atoms with Crippen LogP contribution in [0.5, 0.6) is 5.75 Å². The lowest BCUT2D eigenvalue weighted by Crippen LogP contribution is -2.22. The summed E-state index contributed by atoms with van der Waals surface area (Å²) >= 11 is 5.70. The highest BCUT2D eigenvalue weighted by Crippen LogP contribution is 2.23. The van der Waals surface area contributed by atoms with Crippen LogP contribution in [0.2, 0.25) is 5.02 Å². The van der Waals surface area contributed by atoms with E-state index in [0.29, 0.717) is 11.4 Å². The van der Waals surface area contributed by atoms with Gasteiger partial charge in [-0.05, 0) is 18.2 Å². The fourth-order valence-corrected chi connectivity index (χ4v) is 1.62. The minimum Gasteiger partial charge on any atom is -0.507 e. The van der Waals surface area contributed by atoms with Gasteiger partial charge >= 0.3 is 11.9 Å². The van der Waals surface area contributed by atoms with Crippen LogP contribution in [0.15, 0.2) is 18.2 Å². The molecule has 1 aliphatic heterocycles. The molecule has 1 atom stereocenters. The molecule has 90 valence electrons. The van der Waals surface area contributed by atoms with Gasteiger partial charge < -0.3 is 14.6 Å². The molecule has 0 aromatic heterocycles. The number of carbonyl (C=O) groups excluding carboxylic acids is 2. The van der Waals surface area contributed by atoms with Crippen molar-refractivity contribution < 1.29 is 24.2 Å². The van der Waals surface area contributed by atoms with Crippen LogP contribution in [0.25, 0.3) is 0 Å². The third-order valence-corrected chi connectivity index (χ3v) is 2.55. The standard InChI is InChI=1S/C11H9ClO5/c12-6-1-2-8(13)7(5-6)10(14)17-9-3-4-16-11(9)15/h1-2,5,9,13H,3-4H2/t9-/m1/s1. The number of aromatic hydroxyl groups is 1. The highest BCUT2D eigenvalue weighted by molar-refractivity contribution is 6.31. The van der Waals surface area contributed by atoms with Gasteiger partial charge in [0.2, 0.25) is 6.10 Å². The van der Waals surface area contributed by atoms with Crippen molar-refractivity contribution in [3.05, 3.63) is 28.8 Å². The first-order chi connectivity index (χ1) is 8.08. The Morgan fingerprint density at radius 1 is 1.53 bits per heavy atom. The van der Waals surface area contributed by atoms with Gasteiger partial charge in [0, 0.05) is 11.4 Å². The first-order valence-electron chi connectivity index (χ1n) is 4.94. The van der Waals surface area contributed by atoms with Crippen LogP contribution < -0.4 is 0 Å².